The number of benzene rings is 1. The Morgan fingerprint density at radius 2 is 1.94 bits per heavy atom. The van der Waals surface area contributed by atoms with Gasteiger partial charge in [0.1, 0.15) is 0 Å². The van der Waals surface area contributed by atoms with Crippen molar-refractivity contribution < 1.29 is 5.11 Å². The summed E-state index contributed by atoms with van der Waals surface area (Å²) in [6, 6.07) is 6.37. The van der Waals surface area contributed by atoms with Crippen LogP contribution < -0.4 is 0 Å². The van der Waals surface area contributed by atoms with Crippen LogP contribution in [0.25, 0.3) is 0 Å². The lowest BCUT2D eigenvalue weighted by molar-refractivity contribution is 0.174. The maximum atomic E-state index is 10.0. The number of thiol groups is 1. The maximum absolute atomic E-state index is 10.0. The van der Waals surface area contributed by atoms with Crippen LogP contribution in [0.4, 0.5) is 0 Å². The minimum Gasteiger partial charge on any atom is -0.388 e. The van der Waals surface area contributed by atoms with E-state index in [-0.39, 0.29) is 11.5 Å². The van der Waals surface area contributed by atoms with Crippen LogP contribution in [0, 0.1) is 6.92 Å². The Morgan fingerprint density at radius 1 is 1.31 bits per heavy atom. The lowest BCUT2D eigenvalue weighted by Gasteiger charge is -2.22. The van der Waals surface area contributed by atoms with Gasteiger partial charge in [-0.1, -0.05) is 39.0 Å². The summed E-state index contributed by atoms with van der Waals surface area (Å²) in [5.41, 5.74) is 3.60. The van der Waals surface area contributed by atoms with Crippen LogP contribution in [0.3, 0.4) is 0 Å². The highest BCUT2D eigenvalue weighted by molar-refractivity contribution is 7.80. The highest BCUT2D eigenvalue weighted by Gasteiger charge is 2.17. The molecule has 0 radical (unpaired) electrons. The minimum absolute atomic E-state index is 0.128. The first kappa shape index (κ1) is 13.6. The van der Waals surface area contributed by atoms with E-state index in [2.05, 4.69) is 51.6 Å². The summed E-state index contributed by atoms with van der Waals surface area (Å²) >= 11 is 4.17. The van der Waals surface area contributed by atoms with Crippen LogP contribution in [0.15, 0.2) is 18.2 Å². The van der Waals surface area contributed by atoms with E-state index in [0.717, 1.165) is 11.1 Å². The Balaban J connectivity index is 3.09. The fraction of sp³-hybridized carbons (Fsp3) is 0.571. The third-order valence-electron chi connectivity index (χ3n) is 2.91. The van der Waals surface area contributed by atoms with E-state index < -0.39 is 0 Å². The van der Waals surface area contributed by atoms with E-state index in [1.807, 2.05) is 6.92 Å². The number of hydrogen-bond donors (Lipinski definition) is 2. The second-order valence-corrected chi connectivity index (χ2v) is 5.80. The molecule has 90 valence electrons. The van der Waals surface area contributed by atoms with Gasteiger partial charge in [-0.2, -0.15) is 12.6 Å². The smallest absolute Gasteiger partial charge is 0.0800 e. The van der Waals surface area contributed by atoms with Crippen LogP contribution in [0.1, 0.15) is 50.0 Å². The van der Waals surface area contributed by atoms with Crippen molar-refractivity contribution in [2.24, 2.45) is 0 Å². The van der Waals surface area contributed by atoms with Crippen LogP contribution in [-0.4, -0.2) is 10.9 Å². The molecule has 1 N–H and O–H groups in total. The molecule has 0 aliphatic rings. The highest BCUT2D eigenvalue weighted by atomic mass is 32.1. The van der Waals surface area contributed by atoms with Gasteiger partial charge in [0, 0.05) is 0 Å². The highest BCUT2D eigenvalue weighted by Crippen LogP contribution is 2.28. The Labute approximate surface area is 104 Å². The summed E-state index contributed by atoms with van der Waals surface area (Å²) in [4.78, 5) is 0. The second-order valence-electron chi connectivity index (χ2n) is 5.35. The molecule has 1 aromatic carbocycles. The molecule has 16 heavy (non-hydrogen) atoms. The number of aliphatic hydroxyl groups is 1. The van der Waals surface area contributed by atoms with Crippen LogP contribution in [0.5, 0.6) is 0 Å². The molecule has 1 atom stereocenters. The monoisotopic (exact) mass is 238 g/mol. The lowest BCUT2D eigenvalue weighted by Crippen LogP contribution is -2.12. The van der Waals surface area contributed by atoms with Gasteiger partial charge in [0.15, 0.2) is 0 Å². The predicted molar refractivity (Wildman–Crippen MR) is 73.3 cm³/mol. The van der Waals surface area contributed by atoms with E-state index in [0.29, 0.717) is 12.2 Å². The molecule has 0 fully saturated rings. The molecule has 0 saturated carbocycles. The number of rotatable bonds is 3. The van der Waals surface area contributed by atoms with E-state index in [1.165, 1.54) is 5.56 Å². The third kappa shape index (κ3) is 3.26. The molecule has 1 aromatic rings. The molecule has 0 aromatic heterocycles. The number of hydrogen-bond acceptors (Lipinski definition) is 2. The molecule has 0 aliphatic heterocycles. The van der Waals surface area contributed by atoms with Crippen molar-refractivity contribution in [1.29, 1.82) is 0 Å². The fourth-order valence-electron chi connectivity index (χ4n) is 1.74. The molecule has 1 unspecified atom stereocenters. The lowest BCUT2D eigenvalue weighted by atomic mass is 9.84. The molecular formula is C14H22OS. The van der Waals surface area contributed by atoms with Gasteiger partial charge >= 0.3 is 0 Å². The van der Waals surface area contributed by atoms with Crippen molar-refractivity contribution in [3.63, 3.8) is 0 Å². The average Bonchev–Trinajstić information content (AvgIpc) is 2.16. The van der Waals surface area contributed by atoms with E-state index in [4.69, 9.17) is 0 Å². The minimum atomic E-state index is -0.389. The summed E-state index contributed by atoms with van der Waals surface area (Å²) in [7, 11) is 0. The van der Waals surface area contributed by atoms with Gasteiger partial charge in [0.2, 0.25) is 0 Å². The average molecular weight is 238 g/mol. The van der Waals surface area contributed by atoms with Gasteiger partial charge in [0.05, 0.1) is 6.10 Å². The first-order valence-corrected chi connectivity index (χ1v) is 6.39. The topological polar surface area (TPSA) is 20.2 Å². The standard InChI is InChI=1S/C14H22OS/c1-10-5-6-11(14(2,3)4)9-12(10)13(15)7-8-16/h5-6,9,13,15-16H,7-8H2,1-4H3. The molecule has 1 nitrogen and oxygen atoms in total. The molecule has 0 amide bonds. The molecule has 0 aliphatic carbocycles. The predicted octanol–water partition coefficient (Wildman–Crippen LogP) is 3.65. The molecular weight excluding hydrogens is 216 g/mol. The molecule has 0 heterocycles. The Hall–Kier alpha value is -0.470. The van der Waals surface area contributed by atoms with E-state index in [9.17, 15) is 5.11 Å². The zero-order chi connectivity index (χ0) is 12.3. The second kappa shape index (κ2) is 5.24. The van der Waals surface area contributed by atoms with Crippen molar-refractivity contribution >= 4 is 12.6 Å². The van der Waals surface area contributed by atoms with Crippen molar-refractivity contribution in [3.05, 3.63) is 34.9 Å². The van der Waals surface area contributed by atoms with Gasteiger partial charge in [0.25, 0.3) is 0 Å². The Kier molecular flexibility index (Phi) is 4.45. The summed E-state index contributed by atoms with van der Waals surface area (Å²) < 4.78 is 0. The zero-order valence-electron chi connectivity index (χ0n) is 10.6. The fourth-order valence-corrected chi connectivity index (χ4v) is 1.99. The van der Waals surface area contributed by atoms with Gasteiger partial charge < -0.3 is 5.11 Å². The van der Waals surface area contributed by atoms with E-state index in [1.54, 1.807) is 0 Å². The Bertz CT molecular complexity index is 352. The van der Waals surface area contributed by atoms with Crippen LogP contribution in [-0.2, 0) is 5.41 Å². The molecule has 1 rings (SSSR count). The van der Waals surface area contributed by atoms with Gasteiger partial charge in [-0.15, -0.1) is 0 Å². The molecule has 0 bridgehead atoms. The van der Waals surface area contributed by atoms with Crippen LogP contribution in [0.2, 0.25) is 0 Å². The van der Waals surface area contributed by atoms with Crippen molar-refractivity contribution in [2.75, 3.05) is 5.75 Å². The number of aliphatic hydroxyl groups excluding tert-OH is 1. The van der Waals surface area contributed by atoms with Gasteiger partial charge in [-0.05, 0) is 41.2 Å². The van der Waals surface area contributed by atoms with Gasteiger partial charge in [-0.25, -0.2) is 0 Å². The largest absolute Gasteiger partial charge is 0.388 e. The molecule has 0 spiro atoms. The van der Waals surface area contributed by atoms with Crippen molar-refractivity contribution in [3.8, 4) is 0 Å². The SMILES string of the molecule is Cc1ccc(C(C)(C)C)cc1C(O)CCS. The number of aryl methyl sites for hydroxylation is 1. The molecule has 0 saturated heterocycles. The maximum Gasteiger partial charge on any atom is 0.0800 e. The summed E-state index contributed by atoms with van der Waals surface area (Å²) in [6.45, 7) is 8.61. The van der Waals surface area contributed by atoms with Crippen molar-refractivity contribution in [2.45, 2.75) is 45.6 Å². The normalized spacial score (nSPS) is 13.9. The quantitative estimate of drug-likeness (QED) is 0.770. The third-order valence-corrected chi connectivity index (χ3v) is 3.16. The zero-order valence-corrected chi connectivity index (χ0v) is 11.5. The summed E-state index contributed by atoms with van der Waals surface area (Å²) in [5, 5.41) is 10.0. The first-order chi connectivity index (χ1) is 7.36. The van der Waals surface area contributed by atoms with Gasteiger partial charge in [-0.3, -0.25) is 0 Å². The van der Waals surface area contributed by atoms with Crippen molar-refractivity contribution in [1.82, 2.24) is 0 Å². The van der Waals surface area contributed by atoms with Crippen LogP contribution >= 0.6 is 12.6 Å². The summed E-state index contributed by atoms with van der Waals surface area (Å²) in [5.74, 6) is 0.709. The molecule has 2 heteroatoms. The first-order valence-electron chi connectivity index (χ1n) is 5.76. The summed E-state index contributed by atoms with van der Waals surface area (Å²) in [6.07, 6.45) is 0.317. The van der Waals surface area contributed by atoms with E-state index >= 15 is 0 Å². The Morgan fingerprint density at radius 3 is 2.44 bits per heavy atom.